The summed E-state index contributed by atoms with van der Waals surface area (Å²) in [6.07, 6.45) is 2.13. The van der Waals surface area contributed by atoms with Crippen molar-refractivity contribution < 1.29 is 9.53 Å². The maximum absolute atomic E-state index is 12.5. The van der Waals surface area contributed by atoms with Gasteiger partial charge >= 0.3 is 0 Å². The summed E-state index contributed by atoms with van der Waals surface area (Å²) in [6, 6.07) is 16.2. The number of likely N-dealkylation sites (tertiary alicyclic amines) is 1. The molecular weight excluding hydrogens is 348 g/mol. The molecule has 4 nitrogen and oxygen atoms in total. The lowest BCUT2D eigenvalue weighted by molar-refractivity contribution is -0.132. The first kappa shape index (κ1) is 17.4. The first-order valence-electron chi connectivity index (χ1n) is 9.16. The van der Waals surface area contributed by atoms with Crippen molar-refractivity contribution in [2.75, 3.05) is 26.2 Å². The average molecular weight is 371 g/mol. The zero-order chi connectivity index (χ0) is 17.9. The second kappa shape index (κ2) is 7.68. The Labute approximate surface area is 159 Å². The van der Waals surface area contributed by atoms with E-state index in [0.29, 0.717) is 16.8 Å². The summed E-state index contributed by atoms with van der Waals surface area (Å²) in [7, 11) is 0. The van der Waals surface area contributed by atoms with Crippen molar-refractivity contribution in [2.24, 2.45) is 0 Å². The molecule has 5 heteroatoms. The van der Waals surface area contributed by atoms with Crippen LogP contribution in [0, 0.1) is 0 Å². The number of ether oxygens (including phenoxy) is 1. The number of rotatable bonds is 4. The molecule has 0 radical (unpaired) electrons. The molecule has 0 saturated carbocycles. The molecule has 1 amide bonds. The van der Waals surface area contributed by atoms with Crippen LogP contribution >= 0.6 is 11.6 Å². The second-order valence-electron chi connectivity index (χ2n) is 7.01. The van der Waals surface area contributed by atoms with Gasteiger partial charge in [0.25, 0.3) is 5.91 Å². The third kappa shape index (κ3) is 3.87. The molecule has 0 N–H and O–H groups in total. The second-order valence-corrected chi connectivity index (χ2v) is 7.45. The van der Waals surface area contributed by atoms with E-state index in [4.69, 9.17) is 16.3 Å². The predicted molar refractivity (Wildman–Crippen MR) is 102 cm³/mol. The molecular formula is C21H23ClN2O2. The van der Waals surface area contributed by atoms with E-state index in [0.717, 1.165) is 39.0 Å². The summed E-state index contributed by atoms with van der Waals surface area (Å²) in [5, 5.41) is 0.661. The molecule has 1 saturated heterocycles. The number of carbonyl (C=O) groups is 1. The minimum absolute atomic E-state index is 0.0554. The van der Waals surface area contributed by atoms with Gasteiger partial charge in [-0.3, -0.25) is 9.69 Å². The van der Waals surface area contributed by atoms with E-state index < -0.39 is 0 Å². The van der Waals surface area contributed by atoms with E-state index in [9.17, 15) is 4.79 Å². The van der Waals surface area contributed by atoms with E-state index in [1.54, 1.807) is 24.3 Å². The Kier molecular flexibility index (Phi) is 5.14. The Balaban J connectivity index is 1.29. The van der Waals surface area contributed by atoms with E-state index in [2.05, 4.69) is 29.2 Å². The fraction of sp³-hybridized carbons (Fsp3) is 0.381. The number of fused-ring (bicyclic) bond motifs is 1. The number of carbonyl (C=O) groups excluding carboxylic acids is 1. The van der Waals surface area contributed by atoms with Gasteiger partial charge < -0.3 is 9.64 Å². The predicted octanol–water partition coefficient (Wildman–Crippen LogP) is 3.38. The van der Waals surface area contributed by atoms with Crippen molar-refractivity contribution in [1.82, 2.24) is 9.80 Å². The molecule has 26 heavy (non-hydrogen) atoms. The third-order valence-corrected chi connectivity index (χ3v) is 5.62. The molecule has 0 aliphatic carbocycles. The summed E-state index contributed by atoms with van der Waals surface area (Å²) in [4.78, 5) is 16.9. The summed E-state index contributed by atoms with van der Waals surface area (Å²) in [6.45, 7) is 3.75. The molecule has 4 rings (SSSR count). The Morgan fingerprint density at radius 2 is 1.85 bits per heavy atom. The summed E-state index contributed by atoms with van der Waals surface area (Å²) < 4.78 is 5.60. The molecule has 2 aromatic carbocycles. The highest BCUT2D eigenvalue weighted by molar-refractivity contribution is 6.30. The lowest BCUT2D eigenvalue weighted by Crippen LogP contribution is -2.42. The molecule has 0 bridgehead atoms. The molecule has 1 unspecified atom stereocenters. The highest BCUT2D eigenvalue weighted by Gasteiger charge is 2.32. The van der Waals surface area contributed by atoms with Crippen LogP contribution in [-0.2, 0) is 17.8 Å². The number of halogens is 1. The van der Waals surface area contributed by atoms with Gasteiger partial charge in [0.15, 0.2) is 6.61 Å². The fourth-order valence-corrected chi connectivity index (χ4v) is 3.99. The van der Waals surface area contributed by atoms with Gasteiger partial charge in [-0.25, -0.2) is 0 Å². The van der Waals surface area contributed by atoms with Crippen molar-refractivity contribution in [3.05, 3.63) is 64.7 Å². The van der Waals surface area contributed by atoms with E-state index in [-0.39, 0.29) is 12.5 Å². The summed E-state index contributed by atoms with van der Waals surface area (Å²) in [5.41, 5.74) is 2.89. The largest absolute Gasteiger partial charge is 0.484 e. The van der Waals surface area contributed by atoms with Crippen LogP contribution in [0.5, 0.6) is 5.75 Å². The van der Waals surface area contributed by atoms with Crippen LogP contribution in [0.25, 0.3) is 0 Å². The molecule has 1 fully saturated rings. The number of amides is 1. The smallest absolute Gasteiger partial charge is 0.260 e. The molecule has 2 aliphatic heterocycles. The van der Waals surface area contributed by atoms with Crippen molar-refractivity contribution in [3.63, 3.8) is 0 Å². The SMILES string of the molecule is O=C(COc1ccc(Cl)cc1)N1CCC(N2CCc3ccccc3C2)C1. The minimum Gasteiger partial charge on any atom is -0.484 e. The summed E-state index contributed by atoms with van der Waals surface area (Å²) >= 11 is 5.86. The van der Waals surface area contributed by atoms with E-state index >= 15 is 0 Å². The van der Waals surface area contributed by atoms with Gasteiger partial charge in [0, 0.05) is 37.2 Å². The first-order chi connectivity index (χ1) is 12.7. The van der Waals surface area contributed by atoms with Crippen LogP contribution < -0.4 is 4.74 Å². The Hall–Kier alpha value is -2.04. The van der Waals surface area contributed by atoms with E-state index in [1.807, 2.05) is 4.90 Å². The van der Waals surface area contributed by atoms with Gasteiger partial charge in [0.05, 0.1) is 0 Å². The monoisotopic (exact) mass is 370 g/mol. The average Bonchev–Trinajstić information content (AvgIpc) is 3.17. The van der Waals surface area contributed by atoms with Gasteiger partial charge in [0.2, 0.25) is 0 Å². The quantitative estimate of drug-likeness (QED) is 0.827. The van der Waals surface area contributed by atoms with Gasteiger partial charge in [-0.1, -0.05) is 35.9 Å². The Morgan fingerprint density at radius 1 is 1.08 bits per heavy atom. The van der Waals surface area contributed by atoms with Crippen LogP contribution in [0.2, 0.25) is 5.02 Å². The number of hydrogen-bond donors (Lipinski definition) is 0. The highest BCUT2D eigenvalue weighted by Crippen LogP contribution is 2.24. The van der Waals surface area contributed by atoms with Crippen molar-refractivity contribution in [1.29, 1.82) is 0 Å². The summed E-state index contributed by atoms with van der Waals surface area (Å²) in [5.74, 6) is 0.728. The number of hydrogen-bond acceptors (Lipinski definition) is 3. The Bertz CT molecular complexity index is 778. The zero-order valence-corrected chi connectivity index (χ0v) is 15.5. The molecule has 2 heterocycles. The first-order valence-corrected chi connectivity index (χ1v) is 9.54. The topological polar surface area (TPSA) is 32.8 Å². The number of nitrogens with zero attached hydrogens (tertiary/aromatic N) is 2. The van der Waals surface area contributed by atoms with Gasteiger partial charge in [-0.2, -0.15) is 0 Å². The van der Waals surface area contributed by atoms with Crippen molar-refractivity contribution >= 4 is 17.5 Å². The third-order valence-electron chi connectivity index (χ3n) is 5.37. The van der Waals surface area contributed by atoms with Crippen LogP contribution in [0.4, 0.5) is 0 Å². The van der Waals surface area contributed by atoms with Gasteiger partial charge in [0.1, 0.15) is 5.75 Å². The van der Waals surface area contributed by atoms with Gasteiger partial charge in [-0.05, 0) is 48.2 Å². The zero-order valence-electron chi connectivity index (χ0n) is 14.7. The van der Waals surface area contributed by atoms with Crippen LogP contribution in [-0.4, -0.2) is 48.0 Å². The van der Waals surface area contributed by atoms with Crippen LogP contribution in [0.3, 0.4) is 0 Å². The molecule has 2 aliphatic rings. The van der Waals surface area contributed by atoms with Crippen molar-refractivity contribution in [2.45, 2.75) is 25.4 Å². The van der Waals surface area contributed by atoms with Crippen LogP contribution in [0.1, 0.15) is 17.5 Å². The maximum atomic E-state index is 12.5. The highest BCUT2D eigenvalue weighted by atomic mass is 35.5. The lowest BCUT2D eigenvalue weighted by Gasteiger charge is -2.33. The molecule has 0 spiro atoms. The normalized spacial score (nSPS) is 20.0. The standard InChI is InChI=1S/C21H23ClN2O2/c22-18-5-7-20(8-6-18)26-15-21(25)24-12-10-19(14-24)23-11-9-16-3-1-2-4-17(16)13-23/h1-8,19H,9-15H2. The van der Waals surface area contributed by atoms with Crippen LogP contribution in [0.15, 0.2) is 48.5 Å². The van der Waals surface area contributed by atoms with Crippen molar-refractivity contribution in [3.8, 4) is 5.75 Å². The molecule has 136 valence electrons. The lowest BCUT2D eigenvalue weighted by atomic mass is 9.98. The minimum atomic E-state index is 0.0554. The fourth-order valence-electron chi connectivity index (χ4n) is 3.86. The Morgan fingerprint density at radius 3 is 2.65 bits per heavy atom. The molecule has 2 aromatic rings. The molecule has 1 atom stereocenters. The maximum Gasteiger partial charge on any atom is 0.260 e. The van der Waals surface area contributed by atoms with Gasteiger partial charge in [-0.15, -0.1) is 0 Å². The van der Waals surface area contributed by atoms with E-state index in [1.165, 1.54) is 11.1 Å². The molecule has 0 aromatic heterocycles. The number of benzene rings is 2.